The number of ether oxygens (including phenoxy) is 1. The van der Waals surface area contributed by atoms with E-state index in [4.69, 9.17) is 4.74 Å². The van der Waals surface area contributed by atoms with Crippen molar-refractivity contribution in [3.05, 3.63) is 30.1 Å². The van der Waals surface area contributed by atoms with Crippen LogP contribution in [0.2, 0.25) is 0 Å². The summed E-state index contributed by atoms with van der Waals surface area (Å²) in [5.74, 6) is -0.184. The first kappa shape index (κ1) is 18.2. The van der Waals surface area contributed by atoms with Gasteiger partial charge in [-0.1, -0.05) is 19.3 Å². The van der Waals surface area contributed by atoms with E-state index in [9.17, 15) is 9.50 Å². The Bertz CT molecular complexity index is 562. The minimum Gasteiger partial charge on any atom is -0.389 e. The fourth-order valence-corrected chi connectivity index (χ4v) is 4.93. The molecule has 2 saturated heterocycles. The summed E-state index contributed by atoms with van der Waals surface area (Å²) in [5, 5.41) is 10.5. The van der Waals surface area contributed by atoms with E-state index in [1.807, 2.05) is 12.1 Å². The second-order valence-corrected chi connectivity index (χ2v) is 8.21. The summed E-state index contributed by atoms with van der Waals surface area (Å²) in [6.45, 7) is 3.08. The Morgan fingerprint density at radius 2 is 1.65 bits per heavy atom. The molecule has 5 heteroatoms. The largest absolute Gasteiger partial charge is 0.389 e. The van der Waals surface area contributed by atoms with E-state index in [0.29, 0.717) is 31.3 Å². The van der Waals surface area contributed by atoms with Gasteiger partial charge in [0.1, 0.15) is 5.82 Å². The van der Waals surface area contributed by atoms with Crippen LogP contribution in [0.15, 0.2) is 24.3 Å². The molecule has 1 aliphatic carbocycles. The Balaban J connectivity index is 1.28. The van der Waals surface area contributed by atoms with Crippen molar-refractivity contribution in [2.45, 2.75) is 69.2 Å². The molecule has 4 nitrogen and oxygen atoms in total. The molecule has 26 heavy (non-hydrogen) atoms. The van der Waals surface area contributed by atoms with Crippen LogP contribution in [0.3, 0.4) is 0 Å². The first-order valence-corrected chi connectivity index (χ1v) is 10.2. The van der Waals surface area contributed by atoms with Crippen molar-refractivity contribution in [1.82, 2.24) is 4.90 Å². The number of anilines is 1. The Hall–Kier alpha value is -1.17. The van der Waals surface area contributed by atoms with Crippen LogP contribution in [0.1, 0.15) is 44.9 Å². The number of aliphatic hydroxyl groups is 1. The Labute approximate surface area is 155 Å². The van der Waals surface area contributed by atoms with Crippen LogP contribution < -0.4 is 4.90 Å². The standard InChI is InChI=1S/C21H31FN2O2/c22-16-6-8-17(9-7-16)23-12-18-10-11-19(13-23)24(18)14-20(25)15-26-21-4-2-1-3-5-21/h6-9,18-21,25H,1-5,10-15H2/t18-,19+,20-/m0/s1. The smallest absolute Gasteiger partial charge is 0.123 e. The highest BCUT2D eigenvalue weighted by atomic mass is 19.1. The third-order valence-corrected chi connectivity index (χ3v) is 6.32. The molecule has 4 rings (SSSR count). The summed E-state index contributed by atoms with van der Waals surface area (Å²) >= 11 is 0. The maximum Gasteiger partial charge on any atom is 0.123 e. The summed E-state index contributed by atoms with van der Waals surface area (Å²) in [7, 11) is 0. The molecule has 1 aromatic rings. The Morgan fingerprint density at radius 1 is 1.00 bits per heavy atom. The van der Waals surface area contributed by atoms with E-state index in [2.05, 4.69) is 9.80 Å². The summed E-state index contributed by atoms with van der Waals surface area (Å²) in [6.07, 6.45) is 8.44. The van der Waals surface area contributed by atoms with Crippen LogP contribution in [-0.2, 0) is 4.74 Å². The van der Waals surface area contributed by atoms with Gasteiger partial charge in [0.2, 0.25) is 0 Å². The number of piperazine rings is 1. The zero-order chi connectivity index (χ0) is 17.9. The van der Waals surface area contributed by atoms with Crippen LogP contribution in [-0.4, -0.2) is 60.5 Å². The van der Waals surface area contributed by atoms with Gasteiger partial charge < -0.3 is 14.7 Å². The van der Waals surface area contributed by atoms with Crippen molar-refractivity contribution in [3.63, 3.8) is 0 Å². The van der Waals surface area contributed by atoms with Crippen molar-refractivity contribution in [2.24, 2.45) is 0 Å². The van der Waals surface area contributed by atoms with Gasteiger partial charge in [-0.05, 0) is 49.9 Å². The number of halogens is 1. The lowest BCUT2D eigenvalue weighted by Gasteiger charge is -2.43. The zero-order valence-corrected chi connectivity index (χ0v) is 15.5. The van der Waals surface area contributed by atoms with Crippen LogP contribution in [0, 0.1) is 5.82 Å². The highest BCUT2D eigenvalue weighted by Gasteiger charge is 2.40. The zero-order valence-electron chi connectivity index (χ0n) is 15.5. The topological polar surface area (TPSA) is 35.9 Å². The first-order chi connectivity index (χ1) is 12.7. The quantitative estimate of drug-likeness (QED) is 0.843. The maximum absolute atomic E-state index is 13.2. The number of rotatable bonds is 6. The summed E-state index contributed by atoms with van der Waals surface area (Å²) < 4.78 is 19.1. The lowest BCUT2D eigenvalue weighted by atomic mass is 9.98. The van der Waals surface area contributed by atoms with Crippen LogP contribution in [0.4, 0.5) is 10.1 Å². The molecule has 3 atom stereocenters. The molecule has 1 N–H and O–H groups in total. The predicted octanol–water partition coefficient (Wildman–Crippen LogP) is 3.19. The van der Waals surface area contributed by atoms with Crippen molar-refractivity contribution in [2.75, 3.05) is 31.1 Å². The normalized spacial score (nSPS) is 28.5. The summed E-state index contributed by atoms with van der Waals surface area (Å²) in [6, 6.07) is 7.77. The number of benzene rings is 1. The molecule has 2 heterocycles. The van der Waals surface area contributed by atoms with E-state index in [0.717, 1.165) is 31.6 Å². The van der Waals surface area contributed by atoms with E-state index >= 15 is 0 Å². The average Bonchev–Trinajstić information content (AvgIpc) is 2.89. The van der Waals surface area contributed by atoms with Crippen LogP contribution in [0.5, 0.6) is 0 Å². The number of nitrogens with zero attached hydrogens (tertiary/aromatic N) is 2. The highest BCUT2D eigenvalue weighted by Crippen LogP contribution is 2.33. The van der Waals surface area contributed by atoms with E-state index in [1.165, 1.54) is 44.2 Å². The van der Waals surface area contributed by atoms with Gasteiger partial charge in [-0.3, -0.25) is 4.90 Å². The second kappa shape index (κ2) is 8.24. The van der Waals surface area contributed by atoms with Crippen molar-refractivity contribution in [1.29, 1.82) is 0 Å². The molecule has 1 saturated carbocycles. The van der Waals surface area contributed by atoms with E-state index in [-0.39, 0.29) is 5.82 Å². The number of aliphatic hydroxyl groups excluding tert-OH is 1. The minimum absolute atomic E-state index is 0.184. The number of fused-ring (bicyclic) bond motifs is 2. The van der Waals surface area contributed by atoms with Crippen LogP contribution in [0.25, 0.3) is 0 Å². The molecular formula is C21H31FN2O2. The van der Waals surface area contributed by atoms with Gasteiger partial charge in [-0.2, -0.15) is 0 Å². The number of hydrogen-bond donors (Lipinski definition) is 1. The van der Waals surface area contributed by atoms with Gasteiger partial charge >= 0.3 is 0 Å². The third-order valence-electron chi connectivity index (χ3n) is 6.32. The molecule has 0 amide bonds. The molecule has 3 fully saturated rings. The van der Waals surface area contributed by atoms with Gasteiger partial charge in [0.05, 0.1) is 18.8 Å². The molecule has 144 valence electrons. The third kappa shape index (κ3) is 4.21. The van der Waals surface area contributed by atoms with Crippen molar-refractivity contribution in [3.8, 4) is 0 Å². The minimum atomic E-state index is -0.405. The molecular weight excluding hydrogens is 331 g/mol. The SMILES string of the molecule is O[C@H](COC1CCCCC1)CN1[C@@H]2CC[C@H]1CN(c1ccc(F)cc1)C2. The molecule has 0 spiro atoms. The molecule has 0 radical (unpaired) electrons. The lowest BCUT2D eigenvalue weighted by molar-refractivity contribution is -0.0389. The second-order valence-electron chi connectivity index (χ2n) is 8.21. The first-order valence-electron chi connectivity index (χ1n) is 10.2. The van der Waals surface area contributed by atoms with Crippen molar-refractivity contribution >= 4 is 5.69 Å². The summed E-state index contributed by atoms with van der Waals surface area (Å²) in [5.41, 5.74) is 1.10. The average molecular weight is 362 g/mol. The van der Waals surface area contributed by atoms with E-state index in [1.54, 1.807) is 0 Å². The fourth-order valence-electron chi connectivity index (χ4n) is 4.93. The fraction of sp³-hybridized carbons (Fsp3) is 0.714. The molecule has 0 aromatic heterocycles. The lowest BCUT2D eigenvalue weighted by Crippen LogP contribution is -2.56. The molecule has 1 aromatic carbocycles. The van der Waals surface area contributed by atoms with Gasteiger partial charge in [0.15, 0.2) is 0 Å². The molecule has 2 aliphatic heterocycles. The van der Waals surface area contributed by atoms with Crippen LogP contribution >= 0.6 is 0 Å². The monoisotopic (exact) mass is 362 g/mol. The van der Waals surface area contributed by atoms with E-state index < -0.39 is 6.10 Å². The van der Waals surface area contributed by atoms with Gasteiger partial charge in [-0.25, -0.2) is 4.39 Å². The van der Waals surface area contributed by atoms with Crippen molar-refractivity contribution < 1.29 is 14.2 Å². The van der Waals surface area contributed by atoms with Gasteiger partial charge in [0, 0.05) is 37.4 Å². The Kier molecular flexibility index (Phi) is 5.77. The van der Waals surface area contributed by atoms with Gasteiger partial charge in [-0.15, -0.1) is 0 Å². The molecule has 3 aliphatic rings. The maximum atomic E-state index is 13.2. The summed E-state index contributed by atoms with van der Waals surface area (Å²) in [4.78, 5) is 4.85. The highest BCUT2D eigenvalue weighted by molar-refractivity contribution is 5.47. The van der Waals surface area contributed by atoms with Gasteiger partial charge in [0.25, 0.3) is 0 Å². The predicted molar refractivity (Wildman–Crippen MR) is 101 cm³/mol. The molecule has 0 unspecified atom stereocenters. The molecule has 2 bridgehead atoms. The Morgan fingerprint density at radius 3 is 2.31 bits per heavy atom. The number of hydrogen-bond acceptors (Lipinski definition) is 4.